The molecular formula is C11H22N4O2. The van der Waals surface area contributed by atoms with E-state index in [1.807, 2.05) is 13.8 Å². The maximum atomic E-state index is 11.8. The first-order chi connectivity index (χ1) is 8.02. The van der Waals surface area contributed by atoms with Crippen molar-refractivity contribution in [3.05, 3.63) is 0 Å². The van der Waals surface area contributed by atoms with Crippen LogP contribution in [0.5, 0.6) is 0 Å². The average Bonchev–Trinajstić information content (AvgIpc) is 2.35. The Morgan fingerprint density at radius 2 is 1.94 bits per heavy atom. The third kappa shape index (κ3) is 4.22. The summed E-state index contributed by atoms with van der Waals surface area (Å²) in [5.41, 5.74) is 0. The second-order valence-corrected chi connectivity index (χ2v) is 4.49. The van der Waals surface area contributed by atoms with E-state index in [0.717, 1.165) is 13.1 Å². The molecule has 6 nitrogen and oxygen atoms in total. The third-order valence-corrected chi connectivity index (χ3v) is 2.96. The minimum Gasteiger partial charge on any atom is -0.339 e. The van der Waals surface area contributed by atoms with Crippen LogP contribution in [0.1, 0.15) is 13.8 Å². The number of rotatable bonds is 3. The SMILES string of the molecule is CC(C)N(C)C(=O)NCC(=O)N1CCNCC1. The van der Waals surface area contributed by atoms with Crippen LogP contribution in [-0.2, 0) is 4.79 Å². The van der Waals surface area contributed by atoms with E-state index in [-0.39, 0.29) is 24.5 Å². The van der Waals surface area contributed by atoms with Gasteiger partial charge in [-0.05, 0) is 13.8 Å². The van der Waals surface area contributed by atoms with Gasteiger partial charge in [0.1, 0.15) is 0 Å². The van der Waals surface area contributed by atoms with Crippen LogP contribution < -0.4 is 10.6 Å². The normalized spacial score (nSPS) is 15.9. The lowest BCUT2D eigenvalue weighted by Gasteiger charge is -2.28. The molecular weight excluding hydrogens is 220 g/mol. The summed E-state index contributed by atoms with van der Waals surface area (Å²) in [4.78, 5) is 26.7. The standard InChI is InChI=1S/C11H22N4O2/c1-9(2)14(3)11(17)13-8-10(16)15-6-4-12-5-7-15/h9,12H,4-8H2,1-3H3,(H,13,17). The first kappa shape index (κ1) is 13.8. The van der Waals surface area contributed by atoms with E-state index in [1.54, 1.807) is 16.8 Å². The fourth-order valence-corrected chi connectivity index (χ4v) is 1.54. The third-order valence-electron chi connectivity index (χ3n) is 2.96. The van der Waals surface area contributed by atoms with Crippen molar-refractivity contribution >= 4 is 11.9 Å². The number of hydrogen-bond donors (Lipinski definition) is 2. The number of piperazine rings is 1. The quantitative estimate of drug-likeness (QED) is 0.699. The van der Waals surface area contributed by atoms with E-state index in [9.17, 15) is 9.59 Å². The summed E-state index contributed by atoms with van der Waals surface area (Å²) >= 11 is 0. The van der Waals surface area contributed by atoms with Gasteiger partial charge in [0.2, 0.25) is 5.91 Å². The Labute approximate surface area is 102 Å². The molecule has 3 amide bonds. The molecule has 17 heavy (non-hydrogen) atoms. The van der Waals surface area contributed by atoms with Crippen molar-refractivity contribution in [2.24, 2.45) is 0 Å². The van der Waals surface area contributed by atoms with Crippen LogP contribution in [0.25, 0.3) is 0 Å². The number of nitrogens with zero attached hydrogens (tertiary/aromatic N) is 2. The Balaban J connectivity index is 2.29. The van der Waals surface area contributed by atoms with Crippen LogP contribution in [0.15, 0.2) is 0 Å². The first-order valence-corrected chi connectivity index (χ1v) is 6.01. The summed E-state index contributed by atoms with van der Waals surface area (Å²) in [7, 11) is 1.72. The lowest BCUT2D eigenvalue weighted by atomic mass is 10.3. The van der Waals surface area contributed by atoms with E-state index >= 15 is 0 Å². The van der Waals surface area contributed by atoms with Gasteiger partial charge in [-0.1, -0.05) is 0 Å². The molecule has 1 fully saturated rings. The van der Waals surface area contributed by atoms with Crippen molar-refractivity contribution in [1.29, 1.82) is 0 Å². The number of urea groups is 1. The molecule has 2 N–H and O–H groups in total. The van der Waals surface area contributed by atoms with E-state index in [2.05, 4.69) is 10.6 Å². The second-order valence-electron chi connectivity index (χ2n) is 4.49. The minimum atomic E-state index is -0.205. The Morgan fingerprint density at radius 3 is 2.47 bits per heavy atom. The molecule has 0 aromatic carbocycles. The van der Waals surface area contributed by atoms with Crippen molar-refractivity contribution < 1.29 is 9.59 Å². The van der Waals surface area contributed by atoms with E-state index < -0.39 is 0 Å². The molecule has 0 saturated carbocycles. The highest BCUT2D eigenvalue weighted by molar-refractivity contribution is 5.84. The lowest BCUT2D eigenvalue weighted by molar-refractivity contribution is -0.130. The summed E-state index contributed by atoms with van der Waals surface area (Å²) in [5.74, 6) is -0.0167. The van der Waals surface area contributed by atoms with Gasteiger partial charge < -0.3 is 20.4 Å². The number of amides is 3. The van der Waals surface area contributed by atoms with Gasteiger partial charge >= 0.3 is 6.03 Å². The average molecular weight is 242 g/mol. The summed E-state index contributed by atoms with van der Waals surface area (Å²) < 4.78 is 0. The van der Waals surface area contributed by atoms with Crippen molar-refractivity contribution in [3.8, 4) is 0 Å². The zero-order chi connectivity index (χ0) is 12.8. The van der Waals surface area contributed by atoms with Gasteiger partial charge in [0.15, 0.2) is 0 Å². The van der Waals surface area contributed by atoms with Gasteiger partial charge in [0.05, 0.1) is 6.54 Å². The molecule has 0 aromatic rings. The van der Waals surface area contributed by atoms with Crippen LogP contribution in [0.2, 0.25) is 0 Å². The van der Waals surface area contributed by atoms with Gasteiger partial charge in [-0.3, -0.25) is 4.79 Å². The molecule has 0 aromatic heterocycles. The van der Waals surface area contributed by atoms with Crippen molar-refractivity contribution in [2.45, 2.75) is 19.9 Å². The Kier molecular flexibility index (Phi) is 5.21. The van der Waals surface area contributed by atoms with Crippen LogP contribution >= 0.6 is 0 Å². The molecule has 1 aliphatic rings. The molecule has 1 saturated heterocycles. The zero-order valence-corrected chi connectivity index (χ0v) is 10.8. The molecule has 0 radical (unpaired) electrons. The molecule has 98 valence electrons. The monoisotopic (exact) mass is 242 g/mol. The molecule has 0 aliphatic carbocycles. The van der Waals surface area contributed by atoms with Gasteiger partial charge in [0, 0.05) is 39.3 Å². The van der Waals surface area contributed by atoms with Crippen molar-refractivity contribution in [3.63, 3.8) is 0 Å². The predicted molar refractivity (Wildman–Crippen MR) is 65.7 cm³/mol. The van der Waals surface area contributed by atoms with E-state index in [4.69, 9.17) is 0 Å². The fourth-order valence-electron chi connectivity index (χ4n) is 1.54. The zero-order valence-electron chi connectivity index (χ0n) is 10.8. The van der Waals surface area contributed by atoms with Crippen LogP contribution in [0.3, 0.4) is 0 Å². The molecule has 1 rings (SSSR count). The Morgan fingerprint density at radius 1 is 1.35 bits per heavy atom. The van der Waals surface area contributed by atoms with Gasteiger partial charge in [0.25, 0.3) is 0 Å². The van der Waals surface area contributed by atoms with Gasteiger partial charge in [-0.2, -0.15) is 0 Å². The molecule has 0 unspecified atom stereocenters. The summed E-state index contributed by atoms with van der Waals surface area (Å²) in [6.07, 6.45) is 0. The number of hydrogen-bond acceptors (Lipinski definition) is 3. The topological polar surface area (TPSA) is 64.7 Å². The first-order valence-electron chi connectivity index (χ1n) is 6.01. The molecule has 0 spiro atoms. The lowest BCUT2D eigenvalue weighted by Crippen LogP contribution is -2.51. The number of nitrogens with one attached hydrogen (secondary N) is 2. The Bertz CT molecular complexity index is 275. The highest BCUT2D eigenvalue weighted by atomic mass is 16.2. The predicted octanol–water partition coefficient (Wildman–Crippen LogP) is -0.532. The summed E-state index contributed by atoms with van der Waals surface area (Å²) in [5, 5.41) is 5.81. The fraction of sp³-hybridized carbons (Fsp3) is 0.818. The van der Waals surface area contributed by atoms with Crippen LogP contribution in [-0.4, -0.2) is 67.6 Å². The number of carbonyl (C=O) groups excluding carboxylic acids is 2. The highest BCUT2D eigenvalue weighted by Crippen LogP contribution is 1.95. The molecule has 1 heterocycles. The molecule has 0 atom stereocenters. The maximum Gasteiger partial charge on any atom is 0.317 e. The number of carbonyl (C=O) groups is 2. The van der Waals surface area contributed by atoms with Gasteiger partial charge in [-0.25, -0.2) is 4.79 Å². The van der Waals surface area contributed by atoms with E-state index in [0.29, 0.717) is 13.1 Å². The van der Waals surface area contributed by atoms with E-state index in [1.165, 1.54) is 0 Å². The maximum absolute atomic E-state index is 11.8. The molecule has 6 heteroatoms. The van der Waals surface area contributed by atoms with Crippen molar-refractivity contribution in [1.82, 2.24) is 20.4 Å². The summed E-state index contributed by atoms with van der Waals surface area (Å²) in [6.45, 7) is 7.02. The largest absolute Gasteiger partial charge is 0.339 e. The van der Waals surface area contributed by atoms with Crippen LogP contribution in [0.4, 0.5) is 4.79 Å². The minimum absolute atomic E-state index is 0.0167. The van der Waals surface area contributed by atoms with Crippen molar-refractivity contribution in [2.75, 3.05) is 39.8 Å². The Hall–Kier alpha value is -1.30. The summed E-state index contributed by atoms with van der Waals surface area (Å²) in [6, 6.07) is -0.0761. The second kappa shape index (κ2) is 6.44. The highest BCUT2D eigenvalue weighted by Gasteiger charge is 2.18. The smallest absolute Gasteiger partial charge is 0.317 e. The molecule has 1 aliphatic heterocycles. The molecule has 0 bridgehead atoms. The van der Waals surface area contributed by atoms with Gasteiger partial charge in [-0.15, -0.1) is 0 Å². The van der Waals surface area contributed by atoms with Crippen LogP contribution in [0, 0.1) is 0 Å².